The predicted octanol–water partition coefficient (Wildman–Crippen LogP) is 4.33. The summed E-state index contributed by atoms with van der Waals surface area (Å²) in [5.41, 5.74) is 4.97. The zero-order valence-corrected chi connectivity index (χ0v) is 11.1. The van der Waals surface area contributed by atoms with Crippen molar-refractivity contribution in [3.63, 3.8) is 0 Å². The van der Waals surface area contributed by atoms with Gasteiger partial charge in [0.05, 0.1) is 5.52 Å². The molecule has 2 aromatic carbocycles. The van der Waals surface area contributed by atoms with Crippen LogP contribution >= 0.6 is 0 Å². The van der Waals surface area contributed by atoms with Gasteiger partial charge in [-0.05, 0) is 43.0 Å². The lowest BCUT2D eigenvalue weighted by Gasteiger charge is -2.06. The van der Waals surface area contributed by atoms with Crippen LogP contribution in [0.2, 0.25) is 0 Å². The Morgan fingerprint density at radius 3 is 2.42 bits per heavy atom. The maximum absolute atomic E-state index is 4.75. The smallest absolute Gasteiger partial charge is 0.0707 e. The average molecular weight is 247 g/mol. The van der Waals surface area contributed by atoms with Crippen LogP contribution in [0.15, 0.2) is 60.7 Å². The largest absolute Gasteiger partial charge is 0.253 e. The van der Waals surface area contributed by atoms with Crippen molar-refractivity contribution in [2.75, 3.05) is 0 Å². The molecular weight excluding hydrogens is 230 g/mol. The number of aryl methyl sites for hydroxylation is 3. The average Bonchev–Trinajstić information content (AvgIpc) is 2.46. The highest BCUT2D eigenvalue weighted by Crippen LogP contribution is 2.18. The van der Waals surface area contributed by atoms with E-state index in [9.17, 15) is 0 Å². The van der Waals surface area contributed by atoms with Gasteiger partial charge in [0, 0.05) is 11.1 Å². The summed E-state index contributed by atoms with van der Waals surface area (Å²) in [6, 6.07) is 21.2. The number of pyridine rings is 1. The Morgan fingerprint density at radius 2 is 1.58 bits per heavy atom. The van der Waals surface area contributed by atoms with Gasteiger partial charge in [0.1, 0.15) is 0 Å². The van der Waals surface area contributed by atoms with Gasteiger partial charge in [0.25, 0.3) is 0 Å². The molecule has 0 atom stereocenters. The van der Waals surface area contributed by atoms with Crippen LogP contribution in [0.5, 0.6) is 0 Å². The van der Waals surface area contributed by atoms with Gasteiger partial charge in [0.2, 0.25) is 0 Å². The van der Waals surface area contributed by atoms with E-state index in [-0.39, 0.29) is 0 Å². The first-order chi connectivity index (χ1) is 9.33. The van der Waals surface area contributed by atoms with E-state index in [0.29, 0.717) is 0 Å². The minimum absolute atomic E-state index is 0.996. The van der Waals surface area contributed by atoms with Gasteiger partial charge in [-0.15, -0.1) is 0 Å². The standard InChI is InChI=1S/C18H17N/c1-14-13-16(12-11-15-7-3-2-4-8-15)19-18-10-6-5-9-17(14)18/h2-10,13H,11-12H2,1H3. The first-order valence-electron chi connectivity index (χ1n) is 6.72. The Balaban J connectivity index is 1.85. The van der Waals surface area contributed by atoms with Crippen molar-refractivity contribution >= 4 is 10.9 Å². The second-order valence-corrected chi connectivity index (χ2v) is 4.93. The first-order valence-corrected chi connectivity index (χ1v) is 6.72. The lowest BCUT2D eigenvalue weighted by Crippen LogP contribution is -1.96. The minimum Gasteiger partial charge on any atom is -0.253 e. The van der Waals surface area contributed by atoms with Crippen molar-refractivity contribution < 1.29 is 0 Å². The summed E-state index contributed by atoms with van der Waals surface area (Å²) >= 11 is 0. The van der Waals surface area contributed by atoms with Crippen LogP contribution in [0.25, 0.3) is 10.9 Å². The molecule has 3 aromatic rings. The third-order valence-electron chi connectivity index (χ3n) is 3.49. The summed E-state index contributed by atoms with van der Waals surface area (Å²) < 4.78 is 0. The SMILES string of the molecule is Cc1cc(CCc2ccccc2)nc2ccccc12. The summed E-state index contributed by atoms with van der Waals surface area (Å²) in [6.07, 6.45) is 2.04. The fraction of sp³-hybridized carbons (Fsp3) is 0.167. The first kappa shape index (κ1) is 11.9. The highest BCUT2D eigenvalue weighted by molar-refractivity contribution is 5.82. The van der Waals surface area contributed by atoms with Gasteiger partial charge >= 0.3 is 0 Å². The van der Waals surface area contributed by atoms with Crippen molar-refractivity contribution in [1.29, 1.82) is 0 Å². The van der Waals surface area contributed by atoms with E-state index < -0.39 is 0 Å². The Labute approximate surface area is 113 Å². The van der Waals surface area contributed by atoms with Crippen molar-refractivity contribution in [3.8, 4) is 0 Å². The monoisotopic (exact) mass is 247 g/mol. The molecule has 1 aromatic heterocycles. The molecular formula is C18H17N. The third-order valence-corrected chi connectivity index (χ3v) is 3.49. The Morgan fingerprint density at radius 1 is 0.842 bits per heavy atom. The van der Waals surface area contributed by atoms with E-state index >= 15 is 0 Å². The topological polar surface area (TPSA) is 12.9 Å². The summed E-state index contributed by atoms with van der Waals surface area (Å²) in [4.78, 5) is 4.75. The molecule has 0 amide bonds. The van der Waals surface area contributed by atoms with E-state index in [1.807, 2.05) is 0 Å². The maximum Gasteiger partial charge on any atom is 0.0707 e. The van der Waals surface area contributed by atoms with Crippen molar-refractivity contribution in [2.45, 2.75) is 19.8 Å². The quantitative estimate of drug-likeness (QED) is 0.671. The Kier molecular flexibility index (Phi) is 3.28. The lowest BCUT2D eigenvalue weighted by atomic mass is 10.0. The molecule has 1 nitrogen and oxygen atoms in total. The fourth-order valence-electron chi connectivity index (χ4n) is 2.46. The Bertz CT molecular complexity index is 686. The zero-order valence-electron chi connectivity index (χ0n) is 11.1. The summed E-state index contributed by atoms with van der Waals surface area (Å²) in [5.74, 6) is 0. The number of aromatic nitrogens is 1. The summed E-state index contributed by atoms with van der Waals surface area (Å²) in [7, 11) is 0. The number of rotatable bonds is 3. The Hall–Kier alpha value is -2.15. The van der Waals surface area contributed by atoms with Crippen LogP contribution in [0.3, 0.4) is 0 Å². The molecule has 1 heteroatoms. The van der Waals surface area contributed by atoms with Crippen molar-refractivity contribution in [1.82, 2.24) is 4.98 Å². The maximum atomic E-state index is 4.75. The van der Waals surface area contributed by atoms with Gasteiger partial charge in [-0.25, -0.2) is 0 Å². The van der Waals surface area contributed by atoms with Crippen LogP contribution in [0.1, 0.15) is 16.8 Å². The molecule has 0 unspecified atom stereocenters. The van der Waals surface area contributed by atoms with Crippen LogP contribution in [-0.2, 0) is 12.8 Å². The van der Waals surface area contributed by atoms with Crippen LogP contribution < -0.4 is 0 Å². The highest BCUT2D eigenvalue weighted by Gasteiger charge is 2.02. The van der Waals surface area contributed by atoms with Gasteiger partial charge < -0.3 is 0 Å². The molecule has 0 aliphatic heterocycles. The lowest BCUT2D eigenvalue weighted by molar-refractivity contribution is 0.920. The van der Waals surface area contributed by atoms with E-state index in [0.717, 1.165) is 18.4 Å². The van der Waals surface area contributed by atoms with Gasteiger partial charge in [-0.2, -0.15) is 0 Å². The summed E-state index contributed by atoms with van der Waals surface area (Å²) in [6.45, 7) is 2.16. The molecule has 0 fully saturated rings. The van der Waals surface area contributed by atoms with E-state index in [1.54, 1.807) is 0 Å². The number of benzene rings is 2. The molecule has 1 heterocycles. The molecule has 0 saturated carbocycles. The number of hydrogen-bond donors (Lipinski definition) is 0. The second kappa shape index (κ2) is 5.23. The number of fused-ring (bicyclic) bond motifs is 1. The van der Waals surface area contributed by atoms with E-state index in [1.165, 1.54) is 22.2 Å². The molecule has 0 aliphatic rings. The van der Waals surface area contributed by atoms with Gasteiger partial charge in [-0.1, -0.05) is 48.5 Å². The van der Waals surface area contributed by atoms with Crippen molar-refractivity contribution in [3.05, 3.63) is 77.5 Å². The normalized spacial score (nSPS) is 10.8. The highest BCUT2D eigenvalue weighted by atomic mass is 14.7. The summed E-state index contributed by atoms with van der Waals surface area (Å²) in [5, 5.41) is 1.26. The van der Waals surface area contributed by atoms with Crippen LogP contribution in [0.4, 0.5) is 0 Å². The number of para-hydroxylation sites is 1. The van der Waals surface area contributed by atoms with Crippen LogP contribution in [0, 0.1) is 6.92 Å². The molecule has 0 saturated heterocycles. The molecule has 3 rings (SSSR count). The van der Waals surface area contributed by atoms with E-state index in [4.69, 9.17) is 4.98 Å². The predicted molar refractivity (Wildman–Crippen MR) is 80.3 cm³/mol. The zero-order chi connectivity index (χ0) is 13.1. The molecule has 94 valence electrons. The van der Waals surface area contributed by atoms with Gasteiger partial charge in [-0.3, -0.25) is 4.98 Å². The minimum atomic E-state index is 0.996. The third kappa shape index (κ3) is 2.65. The molecule has 0 spiro atoms. The van der Waals surface area contributed by atoms with Crippen LogP contribution in [-0.4, -0.2) is 4.98 Å². The molecule has 19 heavy (non-hydrogen) atoms. The second-order valence-electron chi connectivity index (χ2n) is 4.93. The number of nitrogens with zero attached hydrogens (tertiary/aromatic N) is 1. The molecule has 0 radical (unpaired) electrons. The molecule has 0 N–H and O–H groups in total. The molecule has 0 aliphatic carbocycles. The number of hydrogen-bond acceptors (Lipinski definition) is 1. The molecule has 0 bridgehead atoms. The van der Waals surface area contributed by atoms with Gasteiger partial charge in [0.15, 0.2) is 0 Å². The fourth-order valence-corrected chi connectivity index (χ4v) is 2.46. The van der Waals surface area contributed by atoms with Crippen molar-refractivity contribution in [2.24, 2.45) is 0 Å². The van der Waals surface area contributed by atoms with E-state index in [2.05, 4.69) is 67.6 Å².